The lowest BCUT2D eigenvalue weighted by atomic mass is 9.68. The fourth-order valence-electron chi connectivity index (χ4n) is 3.73. The summed E-state index contributed by atoms with van der Waals surface area (Å²) >= 11 is 0. The van der Waals surface area contributed by atoms with Crippen LogP contribution in [0.25, 0.3) is 0 Å². The summed E-state index contributed by atoms with van der Waals surface area (Å²) in [6.45, 7) is 10.2. The van der Waals surface area contributed by atoms with Gasteiger partial charge < -0.3 is 5.32 Å². The quantitative estimate of drug-likeness (QED) is 0.809. The van der Waals surface area contributed by atoms with Gasteiger partial charge in [-0.3, -0.25) is 0 Å². The zero-order valence-corrected chi connectivity index (χ0v) is 13.1. The van der Waals surface area contributed by atoms with Gasteiger partial charge >= 0.3 is 0 Å². The first-order chi connectivity index (χ1) is 9.07. The van der Waals surface area contributed by atoms with E-state index < -0.39 is 0 Å². The Hall–Kier alpha value is -0.820. The molecule has 0 spiro atoms. The van der Waals surface area contributed by atoms with Gasteiger partial charge in [0, 0.05) is 6.04 Å². The lowest BCUT2D eigenvalue weighted by molar-refractivity contribution is 0.145. The van der Waals surface area contributed by atoms with E-state index in [0.29, 0.717) is 11.5 Å². The van der Waals surface area contributed by atoms with E-state index in [1.54, 1.807) is 0 Å². The van der Waals surface area contributed by atoms with E-state index in [1.165, 1.54) is 48.8 Å². The van der Waals surface area contributed by atoms with Crippen LogP contribution in [0.4, 0.5) is 0 Å². The minimum Gasteiger partial charge on any atom is -0.310 e. The fourth-order valence-corrected chi connectivity index (χ4v) is 3.73. The predicted octanol–water partition coefficient (Wildman–Crippen LogP) is 4.92. The molecule has 1 unspecified atom stereocenters. The molecule has 0 aromatic heterocycles. The van der Waals surface area contributed by atoms with E-state index >= 15 is 0 Å². The predicted molar refractivity (Wildman–Crippen MR) is 83.5 cm³/mol. The van der Waals surface area contributed by atoms with Crippen molar-refractivity contribution in [2.75, 3.05) is 6.54 Å². The average molecular weight is 259 g/mol. The molecule has 0 aliphatic heterocycles. The van der Waals surface area contributed by atoms with Gasteiger partial charge in [0.15, 0.2) is 0 Å². The Morgan fingerprint density at radius 3 is 2.42 bits per heavy atom. The van der Waals surface area contributed by atoms with Gasteiger partial charge in [0.2, 0.25) is 0 Å². The molecule has 0 heterocycles. The topological polar surface area (TPSA) is 12.0 Å². The summed E-state index contributed by atoms with van der Waals surface area (Å²) in [6.07, 6.45) is 6.92. The van der Waals surface area contributed by atoms with Gasteiger partial charge in [-0.05, 0) is 49.8 Å². The van der Waals surface area contributed by atoms with Crippen LogP contribution in [0.3, 0.4) is 0 Å². The van der Waals surface area contributed by atoms with E-state index in [-0.39, 0.29) is 0 Å². The third-order valence-corrected chi connectivity index (χ3v) is 4.84. The minimum atomic E-state index is 0.425. The van der Waals surface area contributed by atoms with Crippen LogP contribution < -0.4 is 5.32 Å². The van der Waals surface area contributed by atoms with Crippen LogP contribution in [0.1, 0.15) is 68.7 Å². The van der Waals surface area contributed by atoms with E-state index in [2.05, 4.69) is 51.2 Å². The summed E-state index contributed by atoms with van der Waals surface area (Å²) in [6, 6.07) is 7.45. The number of benzene rings is 1. The van der Waals surface area contributed by atoms with Crippen molar-refractivity contribution in [2.45, 2.75) is 65.8 Å². The second kappa shape index (κ2) is 6.09. The average Bonchev–Trinajstić information content (AvgIpc) is 2.38. The molecule has 1 fully saturated rings. The molecule has 1 saturated carbocycles. The number of hydrogen-bond acceptors (Lipinski definition) is 1. The largest absolute Gasteiger partial charge is 0.310 e. The van der Waals surface area contributed by atoms with Gasteiger partial charge in [0.05, 0.1) is 0 Å². The summed E-state index contributed by atoms with van der Waals surface area (Å²) in [5, 5.41) is 3.77. The summed E-state index contributed by atoms with van der Waals surface area (Å²) in [4.78, 5) is 0. The molecule has 106 valence electrons. The molecule has 1 atom stereocenters. The summed E-state index contributed by atoms with van der Waals surface area (Å²) in [7, 11) is 0. The molecule has 1 aliphatic carbocycles. The van der Waals surface area contributed by atoms with Gasteiger partial charge in [0.25, 0.3) is 0 Å². The van der Waals surface area contributed by atoms with Gasteiger partial charge in [-0.25, -0.2) is 0 Å². The van der Waals surface area contributed by atoms with Crippen molar-refractivity contribution in [1.82, 2.24) is 5.32 Å². The summed E-state index contributed by atoms with van der Waals surface area (Å²) in [5.41, 5.74) is 4.74. The van der Waals surface area contributed by atoms with E-state index in [9.17, 15) is 0 Å². The molecule has 0 bridgehead atoms. The highest BCUT2D eigenvalue weighted by molar-refractivity contribution is 5.34. The molecule has 1 N–H and O–H groups in total. The van der Waals surface area contributed by atoms with Gasteiger partial charge in [-0.2, -0.15) is 0 Å². The zero-order valence-electron chi connectivity index (χ0n) is 13.1. The second-order valence-electron chi connectivity index (χ2n) is 6.57. The van der Waals surface area contributed by atoms with Crippen molar-refractivity contribution >= 4 is 0 Å². The Labute approximate surface area is 118 Å². The molecule has 1 aliphatic rings. The summed E-state index contributed by atoms with van der Waals surface area (Å²) < 4.78 is 0. The molecule has 1 nitrogen and oxygen atoms in total. The van der Waals surface area contributed by atoms with Crippen LogP contribution in [0.5, 0.6) is 0 Å². The SMILES string of the molecule is CCNC(c1ccc(C)cc1C)C1(C)CCCCC1. The van der Waals surface area contributed by atoms with E-state index in [1.807, 2.05) is 0 Å². The first-order valence-corrected chi connectivity index (χ1v) is 7.87. The first-order valence-electron chi connectivity index (χ1n) is 7.87. The standard InChI is InChI=1S/C18H29N/c1-5-19-17(18(4)11-7-6-8-12-18)16-10-9-14(2)13-15(16)3/h9-10,13,17,19H,5-8,11-12H2,1-4H3. The van der Waals surface area contributed by atoms with Gasteiger partial charge in [-0.1, -0.05) is 56.9 Å². The molecule has 1 aromatic carbocycles. The number of hydrogen-bond donors (Lipinski definition) is 1. The van der Waals surface area contributed by atoms with Crippen molar-refractivity contribution in [3.63, 3.8) is 0 Å². The molecule has 2 rings (SSSR count). The van der Waals surface area contributed by atoms with Crippen molar-refractivity contribution in [3.05, 3.63) is 34.9 Å². The molecule has 0 amide bonds. The van der Waals surface area contributed by atoms with Crippen LogP contribution in [-0.4, -0.2) is 6.54 Å². The molecule has 0 saturated heterocycles. The number of rotatable bonds is 4. The monoisotopic (exact) mass is 259 g/mol. The third-order valence-electron chi connectivity index (χ3n) is 4.84. The maximum atomic E-state index is 3.77. The Morgan fingerprint density at radius 1 is 1.16 bits per heavy atom. The molecule has 19 heavy (non-hydrogen) atoms. The van der Waals surface area contributed by atoms with Crippen LogP contribution in [0.2, 0.25) is 0 Å². The maximum Gasteiger partial charge on any atom is 0.0377 e. The van der Waals surface area contributed by atoms with Gasteiger partial charge in [-0.15, -0.1) is 0 Å². The normalized spacial score (nSPS) is 20.2. The summed E-state index contributed by atoms with van der Waals surface area (Å²) in [5.74, 6) is 0. The highest BCUT2D eigenvalue weighted by Gasteiger charge is 2.36. The van der Waals surface area contributed by atoms with Crippen molar-refractivity contribution in [3.8, 4) is 0 Å². The molecule has 0 radical (unpaired) electrons. The van der Waals surface area contributed by atoms with Crippen molar-refractivity contribution in [2.24, 2.45) is 5.41 Å². The molecular weight excluding hydrogens is 230 g/mol. The van der Waals surface area contributed by atoms with E-state index in [0.717, 1.165) is 6.54 Å². The Bertz CT molecular complexity index is 416. The van der Waals surface area contributed by atoms with Crippen molar-refractivity contribution < 1.29 is 0 Å². The number of nitrogens with one attached hydrogen (secondary N) is 1. The minimum absolute atomic E-state index is 0.425. The van der Waals surface area contributed by atoms with Crippen LogP contribution in [0.15, 0.2) is 18.2 Å². The zero-order chi connectivity index (χ0) is 13.9. The lowest BCUT2D eigenvalue weighted by Crippen LogP contribution is -2.38. The molecule has 1 heteroatoms. The fraction of sp³-hybridized carbons (Fsp3) is 0.667. The number of aryl methyl sites for hydroxylation is 2. The third kappa shape index (κ3) is 3.20. The molecular formula is C18H29N. The maximum absolute atomic E-state index is 3.77. The lowest BCUT2D eigenvalue weighted by Gasteiger charge is -2.42. The Kier molecular flexibility index (Phi) is 4.67. The highest BCUT2D eigenvalue weighted by atomic mass is 14.9. The van der Waals surface area contributed by atoms with Crippen LogP contribution in [0, 0.1) is 19.3 Å². The smallest absolute Gasteiger partial charge is 0.0377 e. The second-order valence-corrected chi connectivity index (χ2v) is 6.57. The Balaban J connectivity index is 2.33. The highest BCUT2D eigenvalue weighted by Crippen LogP contribution is 2.46. The van der Waals surface area contributed by atoms with Crippen LogP contribution in [-0.2, 0) is 0 Å². The first kappa shape index (κ1) is 14.6. The van der Waals surface area contributed by atoms with Gasteiger partial charge in [0.1, 0.15) is 0 Å². The Morgan fingerprint density at radius 2 is 1.84 bits per heavy atom. The molecule has 1 aromatic rings. The van der Waals surface area contributed by atoms with Crippen LogP contribution >= 0.6 is 0 Å². The van der Waals surface area contributed by atoms with E-state index in [4.69, 9.17) is 0 Å². The van der Waals surface area contributed by atoms with Crippen molar-refractivity contribution in [1.29, 1.82) is 0 Å².